The van der Waals surface area contributed by atoms with Gasteiger partial charge in [0.25, 0.3) is 5.91 Å². The molecule has 0 saturated heterocycles. The summed E-state index contributed by atoms with van der Waals surface area (Å²) >= 11 is 5.61. The van der Waals surface area contributed by atoms with Crippen LogP contribution in [0, 0.1) is 12.7 Å². The Morgan fingerprint density at radius 3 is 2.40 bits per heavy atom. The van der Waals surface area contributed by atoms with Crippen molar-refractivity contribution in [2.45, 2.75) is 25.8 Å². The first-order chi connectivity index (χ1) is 11.7. The number of ketones is 1. The van der Waals surface area contributed by atoms with Crippen LogP contribution < -0.4 is 11.1 Å². The molecule has 25 heavy (non-hydrogen) atoms. The van der Waals surface area contributed by atoms with E-state index in [-0.39, 0.29) is 18.0 Å². The van der Waals surface area contributed by atoms with Gasteiger partial charge in [-0.2, -0.15) is 0 Å². The first kappa shape index (κ1) is 19.1. The van der Waals surface area contributed by atoms with Gasteiger partial charge in [-0.25, -0.2) is 4.39 Å². The van der Waals surface area contributed by atoms with Gasteiger partial charge in [-0.1, -0.05) is 47.5 Å². The van der Waals surface area contributed by atoms with Gasteiger partial charge in [-0.15, -0.1) is 0 Å². The number of hydrogen-bond donors (Lipinski definition) is 2. The molecule has 0 aliphatic rings. The largest absolute Gasteiger partial charge is 0.339 e. The molecule has 0 bridgehead atoms. The molecule has 132 valence electrons. The molecule has 3 N–H and O–H groups in total. The summed E-state index contributed by atoms with van der Waals surface area (Å²) in [6.45, 7) is 3.84. The maximum Gasteiger partial charge on any atom is 0.288 e. The molecule has 0 spiro atoms. The number of halogens is 2. The van der Waals surface area contributed by atoms with E-state index >= 15 is 0 Å². The van der Waals surface area contributed by atoms with Gasteiger partial charge >= 0.3 is 0 Å². The SMILES string of the molecule is Cc1ccc(C(C)(CN)NC(=O)C(=O)Cc2ccc(Cl)c(F)c2)cc1. The standard InChI is InChI=1S/C19H20ClFN2O2/c1-12-3-6-14(7-4-12)19(2,11-22)23-18(25)17(24)10-13-5-8-15(20)16(21)9-13/h3-9H,10-11,22H2,1-2H3,(H,23,25). The Morgan fingerprint density at radius 1 is 1.20 bits per heavy atom. The number of hydrogen-bond acceptors (Lipinski definition) is 3. The van der Waals surface area contributed by atoms with Gasteiger partial charge in [-0.3, -0.25) is 9.59 Å². The number of carbonyl (C=O) groups excluding carboxylic acids is 2. The van der Waals surface area contributed by atoms with Gasteiger partial charge in [0.1, 0.15) is 5.82 Å². The summed E-state index contributed by atoms with van der Waals surface area (Å²) < 4.78 is 13.5. The number of Topliss-reactive ketones (excluding diaryl/α,β-unsaturated/α-hetero) is 1. The van der Waals surface area contributed by atoms with Crippen LogP contribution in [0.3, 0.4) is 0 Å². The third kappa shape index (κ3) is 4.65. The summed E-state index contributed by atoms with van der Waals surface area (Å²) in [5.74, 6) is -2.06. The second-order valence-corrected chi connectivity index (χ2v) is 6.61. The molecular formula is C19H20ClFN2O2. The Hall–Kier alpha value is -2.24. The first-order valence-electron chi connectivity index (χ1n) is 7.81. The third-order valence-corrected chi connectivity index (χ3v) is 4.39. The number of rotatable bonds is 6. The fourth-order valence-corrected chi connectivity index (χ4v) is 2.52. The summed E-state index contributed by atoms with van der Waals surface area (Å²) in [5, 5.41) is 2.66. The molecule has 4 nitrogen and oxygen atoms in total. The summed E-state index contributed by atoms with van der Waals surface area (Å²) in [7, 11) is 0. The van der Waals surface area contributed by atoms with Gasteiger partial charge in [0.2, 0.25) is 5.78 Å². The molecule has 0 saturated carbocycles. The van der Waals surface area contributed by atoms with Crippen molar-refractivity contribution in [3.05, 3.63) is 70.0 Å². The molecule has 1 unspecified atom stereocenters. The zero-order chi connectivity index (χ0) is 18.6. The van der Waals surface area contributed by atoms with Crippen LogP contribution in [0.25, 0.3) is 0 Å². The average Bonchev–Trinajstić information content (AvgIpc) is 2.58. The molecule has 1 atom stereocenters. The van der Waals surface area contributed by atoms with Gasteiger partial charge < -0.3 is 11.1 Å². The molecule has 2 aromatic rings. The minimum atomic E-state index is -0.869. The van der Waals surface area contributed by atoms with Crippen molar-refractivity contribution in [3.8, 4) is 0 Å². The number of benzene rings is 2. The number of aryl methyl sites for hydroxylation is 1. The van der Waals surface area contributed by atoms with Crippen molar-refractivity contribution in [2.24, 2.45) is 5.73 Å². The predicted octanol–water partition coefficient (Wildman–Crippen LogP) is 2.89. The first-order valence-corrected chi connectivity index (χ1v) is 8.19. The Kier molecular flexibility index (Phi) is 5.93. The van der Waals surface area contributed by atoms with E-state index < -0.39 is 23.0 Å². The van der Waals surface area contributed by atoms with Crippen LogP contribution in [0.5, 0.6) is 0 Å². The number of nitrogens with one attached hydrogen (secondary N) is 1. The van der Waals surface area contributed by atoms with E-state index in [1.54, 1.807) is 6.92 Å². The van der Waals surface area contributed by atoms with Crippen molar-refractivity contribution in [3.63, 3.8) is 0 Å². The van der Waals surface area contributed by atoms with E-state index in [4.69, 9.17) is 17.3 Å². The van der Waals surface area contributed by atoms with Crippen molar-refractivity contribution >= 4 is 23.3 Å². The molecule has 1 amide bonds. The lowest BCUT2D eigenvalue weighted by atomic mass is 9.91. The van der Waals surface area contributed by atoms with Crippen LogP contribution in [0.15, 0.2) is 42.5 Å². The Morgan fingerprint density at radius 2 is 1.84 bits per heavy atom. The van der Waals surface area contributed by atoms with E-state index in [1.807, 2.05) is 31.2 Å². The van der Waals surface area contributed by atoms with Gasteiger partial charge in [0.05, 0.1) is 10.6 Å². The van der Waals surface area contributed by atoms with Crippen LogP contribution in [0.4, 0.5) is 4.39 Å². The smallest absolute Gasteiger partial charge is 0.288 e. The normalized spacial score (nSPS) is 13.2. The molecule has 0 radical (unpaired) electrons. The summed E-state index contributed by atoms with van der Waals surface area (Å²) in [4.78, 5) is 24.5. The Labute approximate surface area is 151 Å². The average molecular weight is 363 g/mol. The minimum absolute atomic E-state index is 0.0317. The molecule has 0 fully saturated rings. The monoisotopic (exact) mass is 362 g/mol. The van der Waals surface area contributed by atoms with Crippen molar-refractivity contribution < 1.29 is 14.0 Å². The minimum Gasteiger partial charge on any atom is -0.339 e. The molecule has 0 aliphatic heterocycles. The lowest BCUT2D eigenvalue weighted by Gasteiger charge is -2.29. The van der Waals surface area contributed by atoms with Gasteiger partial charge in [-0.05, 0) is 37.1 Å². The Bertz CT molecular complexity index is 793. The topological polar surface area (TPSA) is 72.2 Å². The second-order valence-electron chi connectivity index (χ2n) is 6.20. The fourth-order valence-electron chi connectivity index (χ4n) is 2.40. The highest BCUT2D eigenvalue weighted by molar-refractivity contribution is 6.36. The van der Waals surface area contributed by atoms with Crippen molar-refractivity contribution in [1.29, 1.82) is 0 Å². The molecular weight excluding hydrogens is 343 g/mol. The van der Waals surface area contributed by atoms with Crippen LogP contribution in [-0.4, -0.2) is 18.2 Å². The number of carbonyl (C=O) groups is 2. The van der Waals surface area contributed by atoms with E-state index in [0.717, 1.165) is 17.2 Å². The number of nitrogens with two attached hydrogens (primary N) is 1. The zero-order valence-electron chi connectivity index (χ0n) is 14.1. The number of amides is 1. The maximum atomic E-state index is 13.5. The lowest BCUT2D eigenvalue weighted by Crippen LogP contribution is -2.51. The molecule has 0 aromatic heterocycles. The Balaban J connectivity index is 2.11. The predicted molar refractivity (Wildman–Crippen MR) is 95.8 cm³/mol. The summed E-state index contributed by atoms with van der Waals surface area (Å²) in [6, 6.07) is 11.6. The second kappa shape index (κ2) is 7.76. The maximum absolute atomic E-state index is 13.5. The van der Waals surface area contributed by atoms with Gasteiger partial charge in [0, 0.05) is 13.0 Å². The highest BCUT2D eigenvalue weighted by atomic mass is 35.5. The third-order valence-electron chi connectivity index (χ3n) is 4.09. The van der Waals surface area contributed by atoms with E-state index in [1.165, 1.54) is 12.1 Å². The van der Waals surface area contributed by atoms with E-state index in [2.05, 4.69) is 5.32 Å². The molecule has 2 aromatic carbocycles. The van der Waals surface area contributed by atoms with Crippen molar-refractivity contribution in [1.82, 2.24) is 5.32 Å². The molecule has 2 rings (SSSR count). The molecule has 6 heteroatoms. The quantitative estimate of drug-likeness (QED) is 0.776. The highest BCUT2D eigenvalue weighted by Crippen LogP contribution is 2.20. The van der Waals surface area contributed by atoms with Crippen molar-refractivity contribution in [2.75, 3.05) is 6.54 Å². The molecule has 0 heterocycles. The van der Waals surface area contributed by atoms with Gasteiger partial charge in [0.15, 0.2) is 0 Å². The summed E-state index contributed by atoms with van der Waals surface area (Å²) in [5.41, 5.74) is 7.22. The molecule has 0 aliphatic carbocycles. The van der Waals surface area contributed by atoms with Crippen LogP contribution in [0.2, 0.25) is 5.02 Å². The van der Waals surface area contributed by atoms with Crippen LogP contribution in [0.1, 0.15) is 23.6 Å². The highest BCUT2D eigenvalue weighted by Gasteiger charge is 2.29. The summed E-state index contributed by atoms with van der Waals surface area (Å²) in [6.07, 6.45) is -0.214. The van der Waals surface area contributed by atoms with Crippen LogP contribution in [-0.2, 0) is 21.5 Å². The van der Waals surface area contributed by atoms with E-state index in [0.29, 0.717) is 5.56 Å². The van der Waals surface area contributed by atoms with Crippen LogP contribution >= 0.6 is 11.6 Å². The van der Waals surface area contributed by atoms with E-state index in [9.17, 15) is 14.0 Å². The zero-order valence-corrected chi connectivity index (χ0v) is 14.9. The fraction of sp³-hybridized carbons (Fsp3) is 0.263. The lowest BCUT2D eigenvalue weighted by molar-refractivity contribution is -0.138.